The molecule has 2 heterocycles. The van der Waals surface area contributed by atoms with E-state index in [4.69, 9.17) is 0 Å². The van der Waals surface area contributed by atoms with Crippen LogP contribution in [0, 0.1) is 13.8 Å². The lowest BCUT2D eigenvalue weighted by atomic mass is 10.0. The average molecular weight is 355 g/mol. The van der Waals surface area contributed by atoms with Crippen LogP contribution in [-0.4, -0.2) is 53.9 Å². The molecular weight excluding hydrogens is 334 g/mol. The van der Waals surface area contributed by atoms with Crippen molar-refractivity contribution in [3.05, 3.63) is 41.1 Å². The Morgan fingerprint density at radius 2 is 2.12 bits per heavy atom. The van der Waals surface area contributed by atoms with Crippen LogP contribution in [-0.2, 0) is 14.3 Å². The number of pyridine rings is 1. The number of hydrogen-bond donors (Lipinski definition) is 1. The van der Waals surface area contributed by atoms with Crippen LogP contribution in [0.15, 0.2) is 24.3 Å². The standard InChI is InChI=1S/C19H21N3O4/c1-11-5-4-6-13-9-14(12(2)21-17(11)13)19(25)22-8-7-20-18(24)15(22)10-16(23)26-3/h4-6,9,15H,7-8,10H2,1-3H3,(H,20,24)/t15-/m1/s1. The fourth-order valence-corrected chi connectivity index (χ4v) is 3.21. The summed E-state index contributed by atoms with van der Waals surface area (Å²) in [6.45, 7) is 4.43. The maximum Gasteiger partial charge on any atom is 0.308 e. The molecule has 0 bridgehead atoms. The van der Waals surface area contributed by atoms with Crippen molar-refractivity contribution in [3.63, 3.8) is 0 Å². The number of ether oxygens (including phenoxy) is 1. The molecular formula is C19H21N3O4. The van der Waals surface area contributed by atoms with Gasteiger partial charge in [0.15, 0.2) is 0 Å². The second kappa shape index (κ2) is 7.11. The van der Waals surface area contributed by atoms with Gasteiger partial charge in [-0.15, -0.1) is 0 Å². The molecule has 7 heteroatoms. The molecule has 0 aliphatic carbocycles. The van der Waals surface area contributed by atoms with E-state index < -0.39 is 12.0 Å². The molecule has 26 heavy (non-hydrogen) atoms. The average Bonchev–Trinajstić information content (AvgIpc) is 2.63. The minimum Gasteiger partial charge on any atom is -0.469 e. The third kappa shape index (κ3) is 3.24. The number of rotatable bonds is 3. The Bertz CT molecular complexity index is 894. The Balaban J connectivity index is 1.98. The molecule has 2 aromatic rings. The number of carbonyl (C=O) groups is 3. The summed E-state index contributed by atoms with van der Waals surface area (Å²) in [5.74, 6) is -1.19. The molecule has 1 aliphatic rings. The number of esters is 1. The highest BCUT2D eigenvalue weighted by Gasteiger charge is 2.36. The Hall–Kier alpha value is -2.96. The SMILES string of the molecule is COC(=O)C[C@@H]1C(=O)NCCN1C(=O)c1cc2cccc(C)c2nc1C. The minimum absolute atomic E-state index is 0.173. The smallest absolute Gasteiger partial charge is 0.308 e. The van der Waals surface area contributed by atoms with Gasteiger partial charge >= 0.3 is 5.97 Å². The zero-order valence-corrected chi connectivity index (χ0v) is 15.0. The summed E-state index contributed by atoms with van der Waals surface area (Å²) < 4.78 is 4.66. The van der Waals surface area contributed by atoms with Crippen LogP contribution in [0.3, 0.4) is 0 Å². The first-order valence-corrected chi connectivity index (χ1v) is 8.45. The van der Waals surface area contributed by atoms with Crippen molar-refractivity contribution in [1.82, 2.24) is 15.2 Å². The van der Waals surface area contributed by atoms with Gasteiger partial charge in [0.1, 0.15) is 6.04 Å². The van der Waals surface area contributed by atoms with Gasteiger partial charge in [-0.1, -0.05) is 18.2 Å². The van der Waals surface area contributed by atoms with Crippen molar-refractivity contribution >= 4 is 28.7 Å². The summed E-state index contributed by atoms with van der Waals surface area (Å²) in [6, 6.07) is 6.71. The second-order valence-electron chi connectivity index (χ2n) is 6.35. The van der Waals surface area contributed by atoms with E-state index in [2.05, 4.69) is 15.0 Å². The lowest BCUT2D eigenvalue weighted by molar-refractivity contribution is -0.145. The Morgan fingerprint density at radius 3 is 2.85 bits per heavy atom. The van der Waals surface area contributed by atoms with E-state index in [1.807, 2.05) is 25.1 Å². The van der Waals surface area contributed by atoms with E-state index in [1.165, 1.54) is 12.0 Å². The van der Waals surface area contributed by atoms with Crippen LogP contribution in [0.25, 0.3) is 10.9 Å². The number of benzene rings is 1. The summed E-state index contributed by atoms with van der Waals surface area (Å²) in [6.07, 6.45) is -0.173. The van der Waals surface area contributed by atoms with E-state index in [0.29, 0.717) is 24.3 Å². The highest BCUT2D eigenvalue weighted by molar-refractivity contribution is 6.02. The van der Waals surface area contributed by atoms with Crippen LogP contribution in [0.2, 0.25) is 0 Å². The van der Waals surface area contributed by atoms with E-state index >= 15 is 0 Å². The molecule has 0 spiro atoms. The van der Waals surface area contributed by atoms with Gasteiger partial charge in [0.05, 0.1) is 30.3 Å². The van der Waals surface area contributed by atoms with E-state index in [9.17, 15) is 14.4 Å². The van der Waals surface area contributed by atoms with Crippen molar-refractivity contribution in [2.24, 2.45) is 0 Å². The number of piperazine rings is 1. The molecule has 1 aromatic heterocycles. The van der Waals surface area contributed by atoms with Gasteiger partial charge in [0, 0.05) is 18.5 Å². The zero-order chi connectivity index (χ0) is 18.8. The van der Waals surface area contributed by atoms with E-state index in [-0.39, 0.29) is 18.2 Å². The topological polar surface area (TPSA) is 88.6 Å². The number of para-hydroxylation sites is 1. The fraction of sp³-hybridized carbons (Fsp3) is 0.368. The van der Waals surface area contributed by atoms with Crippen LogP contribution < -0.4 is 5.32 Å². The molecule has 1 aromatic carbocycles. The van der Waals surface area contributed by atoms with Gasteiger partial charge in [0.2, 0.25) is 5.91 Å². The second-order valence-corrected chi connectivity index (χ2v) is 6.35. The van der Waals surface area contributed by atoms with Gasteiger partial charge in [-0.25, -0.2) is 0 Å². The van der Waals surface area contributed by atoms with Crippen molar-refractivity contribution < 1.29 is 19.1 Å². The summed E-state index contributed by atoms with van der Waals surface area (Å²) in [7, 11) is 1.26. The first kappa shape index (κ1) is 17.8. The summed E-state index contributed by atoms with van der Waals surface area (Å²) in [4.78, 5) is 43.0. The normalized spacial score (nSPS) is 17.1. The Kier molecular flexibility index (Phi) is 4.88. The molecule has 136 valence electrons. The third-order valence-corrected chi connectivity index (χ3v) is 4.65. The van der Waals surface area contributed by atoms with Crippen LogP contribution in [0.4, 0.5) is 0 Å². The summed E-state index contributed by atoms with van der Waals surface area (Å²) in [5.41, 5.74) is 2.92. The first-order chi connectivity index (χ1) is 12.4. The largest absolute Gasteiger partial charge is 0.469 e. The summed E-state index contributed by atoms with van der Waals surface area (Å²) >= 11 is 0. The van der Waals surface area contributed by atoms with Crippen molar-refractivity contribution in [1.29, 1.82) is 0 Å². The molecule has 0 unspecified atom stereocenters. The highest BCUT2D eigenvalue weighted by atomic mass is 16.5. The van der Waals surface area contributed by atoms with Gasteiger partial charge in [-0.2, -0.15) is 0 Å². The number of carbonyl (C=O) groups excluding carboxylic acids is 3. The minimum atomic E-state index is -0.878. The fourth-order valence-electron chi connectivity index (χ4n) is 3.21. The molecule has 0 saturated carbocycles. The molecule has 1 atom stereocenters. The third-order valence-electron chi connectivity index (χ3n) is 4.65. The number of methoxy groups -OCH3 is 1. The molecule has 0 radical (unpaired) electrons. The molecule has 1 N–H and O–H groups in total. The van der Waals surface area contributed by atoms with E-state index in [0.717, 1.165) is 16.5 Å². The van der Waals surface area contributed by atoms with Crippen molar-refractivity contribution in [3.8, 4) is 0 Å². The van der Waals surface area contributed by atoms with Crippen LogP contribution in [0.5, 0.6) is 0 Å². The lowest BCUT2D eigenvalue weighted by Gasteiger charge is -2.34. The van der Waals surface area contributed by atoms with Crippen molar-refractivity contribution in [2.45, 2.75) is 26.3 Å². The number of fused-ring (bicyclic) bond motifs is 1. The summed E-state index contributed by atoms with van der Waals surface area (Å²) in [5, 5.41) is 3.56. The Morgan fingerprint density at radius 1 is 1.35 bits per heavy atom. The molecule has 7 nitrogen and oxygen atoms in total. The number of nitrogens with zero attached hydrogens (tertiary/aromatic N) is 2. The number of amides is 2. The van der Waals surface area contributed by atoms with Gasteiger partial charge in [0.25, 0.3) is 5.91 Å². The predicted octanol–water partition coefficient (Wildman–Crippen LogP) is 1.36. The predicted molar refractivity (Wildman–Crippen MR) is 95.7 cm³/mol. The van der Waals surface area contributed by atoms with Gasteiger partial charge in [-0.3, -0.25) is 19.4 Å². The zero-order valence-electron chi connectivity index (χ0n) is 15.0. The number of aromatic nitrogens is 1. The molecule has 1 fully saturated rings. The number of aryl methyl sites for hydroxylation is 2. The maximum atomic E-state index is 13.1. The molecule has 3 rings (SSSR count). The Labute approximate surface area is 151 Å². The monoisotopic (exact) mass is 355 g/mol. The quantitative estimate of drug-likeness (QED) is 0.840. The molecule has 1 saturated heterocycles. The maximum absolute atomic E-state index is 13.1. The molecule has 1 aliphatic heterocycles. The highest BCUT2D eigenvalue weighted by Crippen LogP contribution is 2.22. The number of nitrogens with one attached hydrogen (secondary N) is 1. The first-order valence-electron chi connectivity index (χ1n) is 8.45. The lowest BCUT2D eigenvalue weighted by Crippen LogP contribution is -2.58. The van der Waals surface area contributed by atoms with Gasteiger partial charge < -0.3 is 15.0 Å². The number of hydrogen-bond acceptors (Lipinski definition) is 5. The van der Waals surface area contributed by atoms with Crippen molar-refractivity contribution in [2.75, 3.05) is 20.2 Å². The molecule has 2 amide bonds. The van der Waals surface area contributed by atoms with E-state index in [1.54, 1.807) is 13.0 Å². The van der Waals surface area contributed by atoms with Gasteiger partial charge in [-0.05, 0) is 25.5 Å². The van der Waals surface area contributed by atoms with Crippen LogP contribution >= 0.6 is 0 Å². The van der Waals surface area contributed by atoms with Crippen LogP contribution in [0.1, 0.15) is 28.0 Å².